The second-order valence-electron chi connectivity index (χ2n) is 2.18. The van der Waals surface area contributed by atoms with E-state index in [9.17, 15) is 23.3 Å². The third-order valence-electron chi connectivity index (χ3n) is 1.35. The molecule has 0 heterocycles. The number of nitrogens with two attached hydrogens (primary N) is 1. The summed E-state index contributed by atoms with van der Waals surface area (Å²) in [7, 11) is 0. The zero-order chi connectivity index (χ0) is 10.2. The molecular formula is C6H3F3N2O2. The lowest BCUT2D eigenvalue weighted by Crippen LogP contribution is -2.03. The Hall–Kier alpha value is -1.79. The van der Waals surface area contributed by atoms with Crippen LogP contribution < -0.4 is 5.73 Å². The van der Waals surface area contributed by atoms with E-state index >= 15 is 0 Å². The fourth-order valence-corrected chi connectivity index (χ4v) is 0.789. The van der Waals surface area contributed by atoms with Gasteiger partial charge in [0.15, 0.2) is 5.82 Å². The maximum atomic E-state index is 12.6. The third-order valence-corrected chi connectivity index (χ3v) is 1.35. The molecule has 13 heavy (non-hydrogen) atoms. The molecular weight excluding hydrogens is 189 g/mol. The minimum absolute atomic E-state index is 0.358. The Morgan fingerprint density at radius 3 is 2.31 bits per heavy atom. The van der Waals surface area contributed by atoms with Crippen LogP contribution in [0.3, 0.4) is 0 Å². The van der Waals surface area contributed by atoms with Gasteiger partial charge in [0.2, 0.25) is 11.6 Å². The summed E-state index contributed by atoms with van der Waals surface area (Å²) in [5, 5.41) is 10.1. The van der Waals surface area contributed by atoms with Gasteiger partial charge in [0, 0.05) is 6.07 Å². The number of hydrogen-bond acceptors (Lipinski definition) is 3. The fraction of sp³-hybridized carbons (Fsp3) is 0. The summed E-state index contributed by atoms with van der Waals surface area (Å²) in [6.45, 7) is 0. The van der Waals surface area contributed by atoms with Crippen LogP contribution in [0.1, 0.15) is 0 Å². The van der Waals surface area contributed by atoms with Crippen molar-refractivity contribution in [1.29, 1.82) is 0 Å². The maximum absolute atomic E-state index is 12.6. The Bertz CT molecular complexity index is 381. The highest BCUT2D eigenvalue weighted by molar-refractivity contribution is 5.58. The van der Waals surface area contributed by atoms with E-state index in [0.717, 1.165) is 0 Å². The molecule has 0 aromatic heterocycles. The van der Waals surface area contributed by atoms with Gasteiger partial charge in [-0.3, -0.25) is 10.1 Å². The zero-order valence-corrected chi connectivity index (χ0v) is 6.05. The summed E-state index contributed by atoms with van der Waals surface area (Å²) < 4.78 is 37.4. The van der Waals surface area contributed by atoms with Crippen molar-refractivity contribution in [2.24, 2.45) is 0 Å². The van der Waals surface area contributed by atoms with E-state index in [2.05, 4.69) is 0 Å². The van der Waals surface area contributed by atoms with Crippen LogP contribution in [0.4, 0.5) is 24.5 Å². The number of anilines is 1. The van der Waals surface area contributed by atoms with Crippen LogP contribution in [0.15, 0.2) is 6.07 Å². The van der Waals surface area contributed by atoms with Gasteiger partial charge in [-0.2, -0.15) is 4.39 Å². The summed E-state index contributed by atoms with van der Waals surface area (Å²) in [5.41, 5.74) is 2.90. The topological polar surface area (TPSA) is 69.2 Å². The zero-order valence-electron chi connectivity index (χ0n) is 6.05. The molecule has 0 fully saturated rings. The highest BCUT2D eigenvalue weighted by atomic mass is 19.2. The van der Waals surface area contributed by atoms with Gasteiger partial charge in [-0.25, -0.2) is 8.78 Å². The Morgan fingerprint density at radius 1 is 1.31 bits per heavy atom. The molecule has 1 rings (SSSR count). The third kappa shape index (κ3) is 1.40. The van der Waals surface area contributed by atoms with E-state index in [4.69, 9.17) is 5.73 Å². The predicted octanol–water partition coefficient (Wildman–Crippen LogP) is 1.59. The van der Waals surface area contributed by atoms with Crippen molar-refractivity contribution in [2.45, 2.75) is 0 Å². The summed E-state index contributed by atoms with van der Waals surface area (Å²) in [6, 6.07) is 0.358. The monoisotopic (exact) mass is 192 g/mol. The van der Waals surface area contributed by atoms with Gasteiger partial charge in [-0.05, 0) is 0 Å². The predicted molar refractivity (Wildman–Crippen MR) is 37.4 cm³/mol. The molecule has 0 bridgehead atoms. The van der Waals surface area contributed by atoms with Crippen LogP contribution in [-0.4, -0.2) is 4.92 Å². The van der Waals surface area contributed by atoms with Crippen molar-refractivity contribution >= 4 is 11.4 Å². The number of nitrogens with zero attached hydrogens (tertiary/aromatic N) is 1. The second-order valence-corrected chi connectivity index (χ2v) is 2.18. The van der Waals surface area contributed by atoms with E-state index in [1.165, 1.54) is 0 Å². The van der Waals surface area contributed by atoms with Gasteiger partial charge < -0.3 is 5.73 Å². The normalized spacial score (nSPS) is 10.1. The first-order chi connectivity index (χ1) is 5.95. The van der Waals surface area contributed by atoms with Crippen LogP contribution in [0.2, 0.25) is 0 Å². The lowest BCUT2D eigenvalue weighted by Gasteiger charge is -1.99. The lowest BCUT2D eigenvalue weighted by molar-refractivity contribution is -0.386. The Kier molecular flexibility index (Phi) is 2.09. The molecule has 7 heteroatoms. The molecule has 0 saturated heterocycles. The summed E-state index contributed by atoms with van der Waals surface area (Å²) in [6.07, 6.45) is 0. The van der Waals surface area contributed by atoms with E-state index in [1.807, 2.05) is 0 Å². The van der Waals surface area contributed by atoms with Crippen molar-refractivity contribution in [3.63, 3.8) is 0 Å². The molecule has 0 aliphatic rings. The molecule has 2 N–H and O–H groups in total. The molecule has 0 aliphatic carbocycles. The Balaban J connectivity index is 3.53. The van der Waals surface area contributed by atoms with E-state index < -0.39 is 33.7 Å². The number of nitro benzene ring substituents is 1. The quantitative estimate of drug-likeness (QED) is 0.318. The van der Waals surface area contributed by atoms with Gasteiger partial charge in [0.1, 0.15) is 5.69 Å². The van der Waals surface area contributed by atoms with Gasteiger partial charge in [-0.1, -0.05) is 0 Å². The van der Waals surface area contributed by atoms with E-state index in [1.54, 1.807) is 0 Å². The second kappa shape index (κ2) is 2.92. The molecule has 4 nitrogen and oxygen atoms in total. The number of benzene rings is 1. The smallest absolute Gasteiger partial charge is 0.330 e. The summed E-state index contributed by atoms with van der Waals surface area (Å²) >= 11 is 0. The number of halogens is 3. The van der Waals surface area contributed by atoms with Crippen LogP contribution in [0, 0.1) is 27.6 Å². The maximum Gasteiger partial charge on any atom is 0.330 e. The highest BCUT2D eigenvalue weighted by Crippen LogP contribution is 2.28. The van der Waals surface area contributed by atoms with Crippen molar-refractivity contribution in [1.82, 2.24) is 0 Å². The lowest BCUT2D eigenvalue weighted by atomic mass is 10.2. The van der Waals surface area contributed by atoms with Crippen LogP contribution >= 0.6 is 0 Å². The first kappa shape index (κ1) is 9.30. The van der Waals surface area contributed by atoms with Crippen molar-refractivity contribution < 1.29 is 18.1 Å². The molecule has 0 saturated carbocycles. The molecule has 1 aromatic rings. The fourth-order valence-electron chi connectivity index (χ4n) is 0.789. The average Bonchev–Trinajstić information content (AvgIpc) is 1.99. The first-order valence-corrected chi connectivity index (χ1v) is 3.02. The SMILES string of the molecule is Nc1cc(F)c(F)c(F)c1[N+](=O)[O-]. The molecule has 1 aromatic carbocycles. The highest BCUT2D eigenvalue weighted by Gasteiger charge is 2.25. The summed E-state index contributed by atoms with van der Waals surface area (Å²) in [5.74, 6) is -5.34. The molecule has 0 amide bonds. The molecule has 70 valence electrons. The average molecular weight is 192 g/mol. The minimum Gasteiger partial charge on any atom is -0.393 e. The van der Waals surface area contributed by atoms with Crippen molar-refractivity contribution in [3.05, 3.63) is 33.6 Å². The van der Waals surface area contributed by atoms with Crippen LogP contribution in [0.5, 0.6) is 0 Å². The van der Waals surface area contributed by atoms with Crippen LogP contribution in [-0.2, 0) is 0 Å². The van der Waals surface area contributed by atoms with Crippen LogP contribution in [0.25, 0.3) is 0 Å². The van der Waals surface area contributed by atoms with Crippen molar-refractivity contribution in [2.75, 3.05) is 5.73 Å². The summed E-state index contributed by atoms with van der Waals surface area (Å²) in [4.78, 5) is 8.89. The molecule has 0 radical (unpaired) electrons. The van der Waals surface area contributed by atoms with Gasteiger partial charge in [0.05, 0.1) is 4.92 Å². The molecule has 0 atom stereocenters. The first-order valence-electron chi connectivity index (χ1n) is 3.02. The number of rotatable bonds is 1. The number of hydrogen-bond donors (Lipinski definition) is 1. The molecule has 0 aliphatic heterocycles. The Morgan fingerprint density at radius 2 is 1.85 bits per heavy atom. The molecule has 0 unspecified atom stereocenters. The van der Waals surface area contributed by atoms with E-state index in [-0.39, 0.29) is 0 Å². The van der Waals surface area contributed by atoms with Crippen molar-refractivity contribution in [3.8, 4) is 0 Å². The Labute approximate surface area is 69.9 Å². The number of nitro groups is 1. The van der Waals surface area contributed by atoms with Gasteiger partial charge in [-0.15, -0.1) is 0 Å². The molecule has 0 spiro atoms. The van der Waals surface area contributed by atoms with Gasteiger partial charge >= 0.3 is 5.69 Å². The largest absolute Gasteiger partial charge is 0.393 e. The van der Waals surface area contributed by atoms with E-state index in [0.29, 0.717) is 6.07 Å². The number of nitrogen functional groups attached to an aromatic ring is 1. The minimum atomic E-state index is -1.90. The van der Waals surface area contributed by atoms with Gasteiger partial charge in [0.25, 0.3) is 0 Å². The standard InChI is InChI=1S/C6H3F3N2O2/c7-2-1-3(10)6(11(12)13)5(9)4(2)8/h1H,10H2.